The minimum atomic E-state index is 0. The molecule has 0 atom stereocenters. The first-order valence-electron chi connectivity index (χ1n) is 0. The molecule has 8 N–H and O–H groups in total. The van der Waals surface area contributed by atoms with Crippen molar-refractivity contribution in [3.63, 3.8) is 0 Å². The molecule has 0 aliphatic carbocycles. The van der Waals surface area contributed by atoms with E-state index in [2.05, 4.69) is 0 Å². The van der Waals surface area contributed by atoms with Gasteiger partial charge in [0.25, 0.3) is 0 Å². The van der Waals surface area contributed by atoms with Crippen LogP contribution < -0.4 is 0 Å². The molecule has 0 aromatic rings. The second-order valence-corrected chi connectivity index (χ2v) is 0. The van der Waals surface area contributed by atoms with Gasteiger partial charge >= 0.3 is 23.9 Å². The normalized spacial score (nSPS) is 0. The van der Waals surface area contributed by atoms with Gasteiger partial charge in [-0.3, -0.25) is 0 Å². The molecule has 0 saturated heterocycles. The Hall–Kier alpha value is 0.929. The topological polar surface area (TPSA) is 126 Å². The summed E-state index contributed by atoms with van der Waals surface area (Å²) in [5, 5.41) is 0. The zero-order chi connectivity index (χ0) is 0. The van der Waals surface area contributed by atoms with Gasteiger partial charge in [0.05, 0.1) is 0 Å². The van der Waals surface area contributed by atoms with Crippen LogP contribution in [-0.2, 0) is 0 Å². The summed E-state index contributed by atoms with van der Waals surface area (Å²) in [6, 6.07) is 0. The SMILES string of the molecule is Cl.O.O.O.O.[SnH2]. The van der Waals surface area contributed by atoms with Crippen LogP contribution in [0.4, 0.5) is 0 Å². The molecule has 0 amide bonds. The first-order chi connectivity index (χ1) is 0. The van der Waals surface area contributed by atoms with Gasteiger partial charge in [-0.1, -0.05) is 0 Å². The number of hydrogen-bond donors (Lipinski definition) is 0. The van der Waals surface area contributed by atoms with Gasteiger partial charge in [0, 0.05) is 0 Å². The fourth-order valence-electron chi connectivity index (χ4n) is 0. The second kappa shape index (κ2) is 167. The zero-order valence-corrected chi connectivity index (χ0v) is 7.97. The molecule has 46 valence electrons. The standard InChI is InChI=1S/ClH.4H2O.Sn.2H/h1H;4*1H2;;;. The van der Waals surface area contributed by atoms with Crippen molar-refractivity contribution in [2.75, 3.05) is 0 Å². The van der Waals surface area contributed by atoms with E-state index in [1.807, 2.05) is 0 Å². The molecular formula is H11ClO4Sn. The van der Waals surface area contributed by atoms with Crippen LogP contribution >= 0.6 is 12.4 Å². The minimum absolute atomic E-state index is 0. The molecule has 0 spiro atoms. The van der Waals surface area contributed by atoms with Crippen LogP contribution in [0.5, 0.6) is 0 Å². The summed E-state index contributed by atoms with van der Waals surface area (Å²) < 4.78 is 0. The predicted octanol–water partition coefficient (Wildman–Crippen LogP) is -3.79. The number of rotatable bonds is 0. The third-order valence-electron chi connectivity index (χ3n) is 0. The van der Waals surface area contributed by atoms with E-state index in [-0.39, 0.29) is 58.2 Å². The first-order valence-corrected chi connectivity index (χ1v) is 0. The third-order valence-corrected chi connectivity index (χ3v) is 0. The van der Waals surface area contributed by atoms with Crippen LogP contribution in [0.2, 0.25) is 0 Å². The molecule has 0 saturated carbocycles. The molecule has 4 nitrogen and oxygen atoms in total. The molecule has 6 heavy (non-hydrogen) atoms. The van der Waals surface area contributed by atoms with Gasteiger partial charge < -0.3 is 21.9 Å². The average molecular weight is 229 g/mol. The summed E-state index contributed by atoms with van der Waals surface area (Å²) in [4.78, 5) is 0. The van der Waals surface area contributed by atoms with E-state index >= 15 is 0 Å². The molecule has 0 aliphatic rings. The molecule has 0 aromatic carbocycles. The Kier molecular flexibility index (Phi) is 7860. The van der Waals surface area contributed by atoms with E-state index in [0.29, 0.717) is 0 Å². The maximum atomic E-state index is 0. The molecule has 2 radical (unpaired) electrons. The summed E-state index contributed by atoms with van der Waals surface area (Å²) in [5.74, 6) is 0. The Labute approximate surface area is 58.5 Å². The predicted molar refractivity (Wildman–Crippen MR) is 30.2 cm³/mol. The molecule has 0 aliphatic heterocycles. The number of halogens is 1. The quantitative estimate of drug-likeness (QED) is 0.378. The van der Waals surface area contributed by atoms with Gasteiger partial charge in [-0.25, -0.2) is 0 Å². The van der Waals surface area contributed by atoms with Crippen molar-refractivity contribution in [3.05, 3.63) is 0 Å². The van der Waals surface area contributed by atoms with E-state index in [9.17, 15) is 0 Å². The molecule has 0 fully saturated rings. The summed E-state index contributed by atoms with van der Waals surface area (Å²) in [6.45, 7) is 0. The Balaban J connectivity index is 0. The fraction of sp³-hybridized carbons (Fsp3) is 0. The summed E-state index contributed by atoms with van der Waals surface area (Å²) in [6.07, 6.45) is 0. The van der Waals surface area contributed by atoms with Gasteiger partial charge in [-0.2, -0.15) is 0 Å². The number of hydrogen-bond acceptors (Lipinski definition) is 0. The van der Waals surface area contributed by atoms with E-state index in [1.165, 1.54) is 0 Å². The second-order valence-electron chi connectivity index (χ2n) is 0. The van der Waals surface area contributed by atoms with Crippen LogP contribution in [0.25, 0.3) is 0 Å². The van der Waals surface area contributed by atoms with Crippen molar-refractivity contribution in [2.24, 2.45) is 0 Å². The first kappa shape index (κ1) is 282. The Morgan fingerprint density at radius 1 is 0.500 bits per heavy atom. The Morgan fingerprint density at radius 3 is 0.500 bits per heavy atom. The van der Waals surface area contributed by atoms with Crippen LogP contribution in [0, 0.1) is 0 Å². The van der Waals surface area contributed by atoms with Crippen molar-refractivity contribution in [3.8, 4) is 0 Å². The molecule has 0 bridgehead atoms. The van der Waals surface area contributed by atoms with E-state index in [0.717, 1.165) is 0 Å². The van der Waals surface area contributed by atoms with Gasteiger partial charge in [-0.15, -0.1) is 12.4 Å². The van der Waals surface area contributed by atoms with Gasteiger partial charge in [0.15, 0.2) is 0 Å². The Bertz CT molecular complexity index is 7.51. The van der Waals surface area contributed by atoms with Crippen LogP contribution in [-0.4, -0.2) is 45.8 Å². The van der Waals surface area contributed by atoms with Gasteiger partial charge in [0.1, 0.15) is 0 Å². The molecule has 0 rings (SSSR count). The molecule has 0 heterocycles. The molecular weight excluding hydrogens is 218 g/mol. The Morgan fingerprint density at radius 2 is 0.500 bits per heavy atom. The third kappa shape index (κ3) is 88.2. The van der Waals surface area contributed by atoms with Crippen LogP contribution in [0.3, 0.4) is 0 Å². The fourth-order valence-corrected chi connectivity index (χ4v) is 0. The van der Waals surface area contributed by atoms with Crippen molar-refractivity contribution in [2.45, 2.75) is 0 Å². The van der Waals surface area contributed by atoms with Crippen molar-refractivity contribution in [1.82, 2.24) is 0 Å². The molecule has 0 unspecified atom stereocenters. The summed E-state index contributed by atoms with van der Waals surface area (Å²) >= 11 is 0. The van der Waals surface area contributed by atoms with Crippen LogP contribution in [0.1, 0.15) is 0 Å². The van der Waals surface area contributed by atoms with Gasteiger partial charge in [0.2, 0.25) is 0 Å². The summed E-state index contributed by atoms with van der Waals surface area (Å²) in [5.41, 5.74) is 0. The van der Waals surface area contributed by atoms with Crippen molar-refractivity contribution in [1.29, 1.82) is 0 Å². The maximum absolute atomic E-state index is 0. The van der Waals surface area contributed by atoms with E-state index in [1.54, 1.807) is 0 Å². The molecule has 0 aromatic heterocycles. The monoisotopic (exact) mass is 230 g/mol. The summed E-state index contributed by atoms with van der Waals surface area (Å²) in [7, 11) is 0. The van der Waals surface area contributed by atoms with Gasteiger partial charge in [-0.05, 0) is 0 Å². The van der Waals surface area contributed by atoms with E-state index in [4.69, 9.17) is 0 Å². The zero-order valence-electron chi connectivity index (χ0n) is 3.12. The van der Waals surface area contributed by atoms with E-state index < -0.39 is 0 Å². The molecule has 6 heteroatoms. The van der Waals surface area contributed by atoms with Crippen molar-refractivity contribution < 1.29 is 21.9 Å². The average Bonchev–Trinajstić information content (AvgIpc) is 0. The van der Waals surface area contributed by atoms with Crippen LogP contribution in [0.15, 0.2) is 0 Å². The van der Waals surface area contributed by atoms with Crippen molar-refractivity contribution >= 4 is 36.3 Å².